The van der Waals surface area contributed by atoms with Crippen LogP contribution in [0.3, 0.4) is 0 Å². The van der Waals surface area contributed by atoms with E-state index in [0.717, 1.165) is 36.3 Å². The Morgan fingerprint density at radius 2 is 1.56 bits per heavy atom. The molecule has 0 fully saturated rings. The Labute approximate surface area is 185 Å². The van der Waals surface area contributed by atoms with Crippen molar-refractivity contribution in [2.75, 3.05) is 18.5 Å². The summed E-state index contributed by atoms with van der Waals surface area (Å²) in [5.74, 6) is 0.997. The molecule has 0 saturated heterocycles. The van der Waals surface area contributed by atoms with Gasteiger partial charge in [0, 0.05) is 11.3 Å². The van der Waals surface area contributed by atoms with Gasteiger partial charge in [0.2, 0.25) is 0 Å². The van der Waals surface area contributed by atoms with E-state index in [1.807, 2.05) is 31.2 Å². The lowest BCUT2D eigenvalue weighted by Gasteiger charge is -2.11. The number of para-hydroxylation sites is 1. The van der Waals surface area contributed by atoms with Gasteiger partial charge in [-0.1, -0.05) is 24.3 Å². The van der Waals surface area contributed by atoms with Crippen LogP contribution in [0.25, 0.3) is 0 Å². The molecule has 32 heavy (non-hydrogen) atoms. The van der Waals surface area contributed by atoms with Crippen molar-refractivity contribution in [1.82, 2.24) is 0 Å². The number of alkyl halides is 3. The second-order valence-electron chi connectivity index (χ2n) is 7.23. The minimum Gasteiger partial charge on any atom is -0.494 e. The van der Waals surface area contributed by atoms with Crippen LogP contribution >= 0.6 is 0 Å². The van der Waals surface area contributed by atoms with E-state index in [2.05, 4.69) is 5.32 Å². The third kappa shape index (κ3) is 6.77. The maximum absolute atomic E-state index is 12.8. The minimum atomic E-state index is -4.47. The SMILES string of the molecule is Cc1ccccc1OCCCCOc1ccc(C(=O)Nc2cccc(C(F)(F)F)c2)cc1. The Morgan fingerprint density at radius 1 is 0.875 bits per heavy atom. The van der Waals surface area contributed by atoms with Crippen molar-refractivity contribution in [3.05, 3.63) is 89.5 Å². The average molecular weight is 443 g/mol. The number of hydrogen-bond acceptors (Lipinski definition) is 3. The van der Waals surface area contributed by atoms with Gasteiger partial charge in [0.1, 0.15) is 11.5 Å². The van der Waals surface area contributed by atoms with Crippen LogP contribution in [0, 0.1) is 6.92 Å². The zero-order valence-electron chi connectivity index (χ0n) is 17.6. The first-order valence-corrected chi connectivity index (χ1v) is 10.2. The fourth-order valence-electron chi connectivity index (χ4n) is 2.97. The van der Waals surface area contributed by atoms with Crippen molar-refractivity contribution in [1.29, 1.82) is 0 Å². The molecule has 0 aliphatic rings. The number of hydrogen-bond donors (Lipinski definition) is 1. The summed E-state index contributed by atoms with van der Waals surface area (Å²) in [5.41, 5.74) is 0.684. The summed E-state index contributed by atoms with van der Waals surface area (Å²) in [4.78, 5) is 12.3. The second-order valence-corrected chi connectivity index (χ2v) is 7.23. The molecule has 0 aliphatic carbocycles. The number of anilines is 1. The highest BCUT2D eigenvalue weighted by Gasteiger charge is 2.30. The molecule has 0 aliphatic heterocycles. The third-order valence-corrected chi connectivity index (χ3v) is 4.72. The summed E-state index contributed by atoms with van der Waals surface area (Å²) in [6.07, 6.45) is -2.82. The molecule has 1 amide bonds. The molecule has 7 heteroatoms. The lowest BCUT2D eigenvalue weighted by atomic mass is 10.1. The van der Waals surface area contributed by atoms with E-state index in [1.54, 1.807) is 24.3 Å². The Bertz CT molecular complexity index is 1030. The summed E-state index contributed by atoms with van der Waals surface area (Å²) in [7, 11) is 0. The number of aryl methyl sites for hydroxylation is 1. The Morgan fingerprint density at radius 3 is 2.25 bits per heavy atom. The van der Waals surface area contributed by atoms with Gasteiger partial charge < -0.3 is 14.8 Å². The monoisotopic (exact) mass is 443 g/mol. The molecule has 4 nitrogen and oxygen atoms in total. The third-order valence-electron chi connectivity index (χ3n) is 4.72. The second kappa shape index (κ2) is 10.7. The van der Waals surface area contributed by atoms with Crippen LogP contribution < -0.4 is 14.8 Å². The maximum Gasteiger partial charge on any atom is 0.416 e. The molecule has 0 heterocycles. The van der Waals surface area contributed by atoms with Crippen molar-refractivity contribution < 1.29 is 27.4 Å². The highest BCUT2D eigenvalue weighted by atomic mass is 19.4. The van der Waals surface area contributed by atoms with Gasteiger partial charge in [0.15, 0.2) is 0 Å². The summed E-state index contributed by atoms with van der Waals surface area (Å²) >= 11 is 0. The number of ether oxygens (including phenoxy) is 2. The van der Waals surface area contributed by atoms with Gasteiger partial charge in [-0.25, -0.2) is 0 Å². The predicted octanol–water partition coefficient (Wildman–Crippen LogP) is 6.50. The molecule has 3 aromatic carbocycles. The highest BCUT2D eigenvalue weighted by molar-refractivity contribution is 6.04. The molecule has 0 bridgehead atoms. The smallest absolute Gasteiger partial charge is 0.416 e. The van der Waals surface area contributed by atoms with Crippen LogP contribution in [-0.4, -0.2) is 19.1 Å². The van der Waals surface area contributed by atoms with Crippen LogP contribution in [0.15, 0.2) is 72.8 Å². The van der Waals surface area contributed by atoms with Gasteiger partial charge in [-0.05, 0) is 73.9 Å². The van der Waals surface area contributed by atoms with E-state index in [0.29, 0.717) is 24.5 Å². The normalized spacial score (nSPS) is 11.1. The first kappa shape index (κ1) is 23.2. The molecule has 3 aromatic rings. The first-order valence-electron chi connectivity index (χ1n) is 10.2. The largest absolute Gasteiger partial charge is 0.494 e. The van der Waals surface area contributed by atoms with Gasteiger partial charge in [0.05, 0.1) is 18.8 Å². The lowest BCUT2D eigenvalue weighted by Crippen LogP contribution is -2.13. The summed E-state index contributed by atoms with van der Waals surface area (Å²) < 4.78 is 49.8. The molecule has 0 spiro atoms. The van der Waals surface area contributed by atoms with Crippen LogP contribution in [0.4, 0.5) is 18.9 Å². The van der Waals surface area contributed by atoms with Crippen LogP contribution in [0.1, 0.15) is 34.3 Å². The Kier molecular flexibility index (Phi) is 7.76. The quantitative estimate of drug-likeness (QED) is 0.384. The zero-order valence-corrected chi connectivity index (χ0v) is 17.6. The van der Waals surface area contributed by atoms with E-state index in [-0.39, 0.29) is 5.69 Å². The van der Waals surface area contributed by atoms with E-state index < -0.39 is 17.6 Å². The number of rotatable bonds is 9. The molecule has 0 aromatic heterocycles. The molecule has 0 atom stereocenters. The van der Waals surface area contributed by atoms with E-state index >= 15 is 0 Å². The van der Waals surface area contributed by atoms with E-state index in [9.17, 15) is 18.0 Å². The molecule has 3 rings (SSSR count). The van der Waals surface area contributed by atoms with Crippen molar-refractivity contribution in [2.24, 2.45) is 0 Å². The number of halogens is 3. The van der Waals surface area contributed by atoms with E-state index in [1.165, 1.54) is 12.1 Å². The number of benzene rings is 3. The summed E-state index contributed by atoms with van der Waals surface area (Å²) in [5, 5.41) is 2.48. The van der Waals surface area contributed by atoms with Crippen molar-refractivity contribution in [3.8, 4) is 11.5 Å². The minimum absolute atomic E-state index is 0.0815. The molecular formula is C25H24F3NO3. The summed E-state index contributed by atoms with van der Waals surface area (Å²) in [6, 6.07) is 18.8. The average Bonchev–Trinajstić information content (AvgIpc) is 2.77. The van der Waals surface area contributed by atoms with Gasteiger partial charge in [-0.3, -0.25) is 4.79 Å². The van der Waals surface area contributed by atoms with Gasteiger partial charge in [0.25, 0.3) is 5.91 Å². The molecule has 1 N–H and O–H groups in total. The van der Waals surface area contributed by atoms with Gasteiger partial charge in [-0.2, -0.15) is 13.2 Å². The maximum atomic E-state index is 12.8. The van der Waals surface area contributed by atoms with Crippen LogP contribution in [-0.2, 0) is 6.18 Å². The molecule has 168 valence electrons. The Balaban J connectivity index is 1.42. The fraction of sp³-hybridized carbons (Fsp3) is 0.240. The number of amides is 1. The topological polar surface area (TPSA) is 47.6 Å². The number of nitrogens with one attached hydrogen (secondary N) is 1. The van der Waals surface area contributed by atoms with Gasteiger partial charge in [-0.15, -0.1) is 0 Å². The molecule has 0 radical (unpaired) electrons. The Hall–Kier alpha value is -3.48. The van der Waals surface area contributed by atoms with Crippen molar-refractivity contribution in [3.63, 3.8) is 0 Å². The molecule has 0 unspecified atom stereocenters. The highest BCUT2D eigenvalue weighted by Crippen LogP contribution is 2.30. The van der Waals surface area contributed by atoms with E-state index in [4.69, 9.17) is 9.47 Å². The molecular weight excluding hydrogens is 419 g/mol. The van der Waals surface area contributed by atoms with Gasteiger partial charge >= 0.3 is 6.18 Å². The first-order chi connectivity index (χ1) is 15.3. The lowest BCUT2D eigenvalue weighted by molar-refractivity contribution is -0.137. The predicted molar refractivity (Wildman–Crippen MR) is 117 cm³/mol. The fourth-order valence-corrected chi connectivity index (χ4v) is 2.97. The van der Waals surface area contributed by atoms with Crippen LogP contribution in [0.2, 0.25) is 0 Å². The van der Waals surface area contributed by atoms with Crippen molar-refractivity contribution in [2.45, 2.75) is 25.9 Å². The summed E-state index contributed by atoms with van der Waals surface area (Å²) in [6.45, 7) is 3.11. The molecule has 0 saturated carbocycles. The van der Waals surface area contributed by atoms with Crippen molar-refractivity contribution >= 4 is 11.6 Å². The van der Waals surface area contributed by atoms with Crippen LogP contribution in [0.5, 0.6) is 11.5 Å². The number of unbranched alkanes of at least 4 members (excludes halogenated alkanes) is 1. The zero-order chi connectivity index (χ0) is 23.0. The standard InChI is InChI=1S/C25H24F3NO3/c1-18-7-2-3-10-23(18)32-16-5-4-15-31-22-13-11-19(12-14-22)24(30)29-21-9-6-8-20(17-21)25(26,27)28/h2-3,6-14,17H,4-5,15-16H2,1H3,(H,29,30). The number of carbonyl (C=O) groups excluding carboxylic acids is 1. The number of carbonyl (C=O) groups is 1.